The predicted octanol–water partition coefficient (Wildman–Crippen LogP) is 3.12. The van der Waals surface area contributed by atoms with E-state index in [2.05, 4.69) is 20.5 Å². The Morgan fingerprint density at radius 1 is 1.39 bits per heavy atom. The van der Waals surface area contributed by atoms with Gasteiger partial charge in [0.25, 0.3) is 0 Å². The lowest BCUT2D eigenvalue weighted by molar-refractivity contribution is 0.337. The lowest BCUT2D eigenvalue weighted by Crippen LogP contribution is -2.05. The number of aromatic nitrogens is 3. The van der Waals surface area contributed by atoms with Gasteiger partial charge in [-0.05, 0) is 19.1 Å². The van der Waals surface area contributed by atoms with Gasteiger partial charge in [0.1, 0.15) is 12.1 Å². The van der Waals surface area contributed by atoms with Gasteiger partial charge in [-0.1, -0.05) is 23.2 Å². The van der Waals surface area contributed by atoms with Crippen LogP contribution in [0.15, 0.2) is 18.5 Å². The van der Waals surface area contributed by atoms with E-state index in [0.29, 0.717) is 34.9 Å². The second-order valence-electron chi connectivity index (χ2n) is 3.50. The summed E-state index contributed by atoms with van der Waals surface area (Å²) in [4.78, 5) is 3.97. The first-order chi connectivity index (χ1) is 8.70. The van der Waals surface area contributed by atoms with Gasteiger partial charge < -0.3 is 10.1 Å². The molecule has 1 aromatic carbocycles. The quantitative estimate of drug-likeness (QED) is 0.887. The summed E-state index contributed by atoms with van der Waals surface area (Å²) in [7, 11) is 0. The second-order valence-corrected chi connectivity index (χ2v) is 4.34. The summed E-state index contributed by atoms with van der Waals surface area (Å²) >= 11 is 12.1. The summed E-state index contributed by atoms with van der Waals surface area (Å²) < 4.78 is 5.52. The molecule has 0 radical (unpaired) electrons. The lowest BCUT2D eigenvalue weighted by atomic mass is 10.2. The molecule has 96 valence electrons. The predicted molar refractivity (Wildman–Crippen MR) is 71.3 cm³/mol. The molecule has 0 aliphatic rings. The number of hydrogen-bond donors (Lipinski definition) is 2. The average Bonchev–Trinajstić information content (AvgIpc) is 2.83. The third kappa shape index (κ3) is 3.05. The highest BCUT2D eigenvalue weighted by molar-refractivity contribution is 6.35. The molecule has 1 aromatic heterocycles. The van der Waals surface area contributed by atoms with E-state index in [4.69, 9.17) is 27.9 Å². The molecule has 2 aromatic rings. The molecule has 0 amide bonds. The number of aromatic amines is 1. The summed E-state index contributed by atoms with van der Waals surface area (Å²) in [6.45, 7) is 2.93. The Morgan fingerprint density at radius 2 is 2.22 bits per heavy atom. The minimum Gasteiger partial charge on any atom is -0.492 e. The summed E-state index contributed by atoms with van der Waals surface area (Å²) in [5.41, 5.74) is 0.866. The highest BCUT2D eigenvalue weighted by atomic mass is 35.5. The maximum atomic E-state index is 6.10. The van der Waals surface area contributed by atoms with Crippen molar-refractivity contribution in [2.45, 2.75) is 13.5 Å². The Labute approximate surface area is 114 Å². The molecule has 7 heteroatoms. The third-order valence-electron chi connectivity index (χ3n) is 2.24. The van der Waals surface area contributed by atoms with Crippen LogP contribution in [-0.4, -0.2) is 21.8 Å². The van der Waals surface area contributed by atoms with Gasteiger partial charge in [0.05, 0.1) is 11.6 Å². The molecule has 0 unspecified atom stereocenters. The number of nitrogens with one attached hydrogen (secondary N) is 2. The molecule has 0 bridgehead atoms. The summed E-state index contributed by atoms with van der Waals surface area (Å²) in [6.07, 6.45) is 1.43. The lowest BCUT2D eigenvalue weighted by Gasteiger charge is -2.13. The van der Waals surface area contributed by atoms with Crippen molar-refractivity contribution in [3.05, 3.63) is 34.1 Å². The molecule has 1 heterocycles. The average molecular weight is 287 g/mol. The standard InChI is InChI=1S/C11H12Cl2N4O/c1-2-18-10-7(3-8(12)4-9(10)13)5-14-11-15-6-16-17-11/h3-4,6H,2,5H2,1H3,(H2,14,15,16,17). The van der Waals surface area contributed by atoms with Gasteiger partial charge in [-0.3, -0.25) is 0 Å². The topological polar surface area (TPSA) is 62.8 Å². The van der Waals surface area contributed by atoms with Gasteiger partial charge in [0, 0.05) is 17.1 Å². The number of benzene rings is 1. The van der Waals surface area contributed by atoms with Gasteiger partial charge in [-0.2, -0.15) is 5.10 Å². The molecule has 0 fully saturated rings. The van der Waals surface area contributed by atoms with Crippen LogP contribution in [0.2, 0.25) is 10.0 Å². The Hall–Kier alpha value is -1.46. The SMILES string of the molecule is CCOc1c(Cl)cc(Cl)cc1CNc1ncn[nH]1. The fourth-order valence-electron chi connectivity index (χ4n) is 1.52. The molecule has 0 aliphatic heterocycles. The van der Waals surface area contributed by atoms with Gasteiger partial charge in [0.15, 0.2) is 0 Å². The first kappa shape index (κ1) is 13.0. The van der Waals surface area contributed by atoms with Crippen molar-refractivity contribution in [2.24, 2.45) is 0 Å². The van der Waals surface area contributed by atoms with Crippen LogP contribution in [0.4, 0.5) is 5.95 Å². The number of anilines is 1. The molecular formula is C11H12Cl2N4O. The van der Waals surface area contributed by atoms with Crippen molar-refractivity contribution < 1.29 is 4.74 Å². The van der Waals surface area contributed by atoms with Crippen LogP contribution in [0.1, 0.15) is 12.5 Å². The number of ether oxygens (including phenoxy) is 1. The third-order valence-corrected chi connectivity index (χ3v) is 2.73. The normalized spacial score (nSPS) is 10.4. The monoisotopic (exact) mass is 286 g/mol. The molecule has 0 saturated carbocycles. The molecule has 2 N–H and O–H groups in total. The Kier molecular flexibility index (Phi) is 4.28. The van der Waals surface area contributed by atoms with Crippen molar-refractivity contribution >= 4 is 29.2 Å². The smallest absolute Gasteiger partial charge is 0.218 e. The number of nitrogens with zero attached hydrogens (tertiary/aromatic N) is 2. The van der Waals surface area contributed by atoms with E-state index in [1.54, 1.807) is 6.07 Å². The number of H-pyrrole nitrogens is 1. The maximum absolute atomic E-state index is 6.10. The van der Waals surface area contributed by atoms with Crippen molar-refractivity contribution in [3.63, 3.8) is 0 Å². The minimum atomic E-state index is 0.491. The van der Waals surface area contributed by atoms with Crippen molar-refractivity contribution in [3.8, 4) is 5.75 Å². The van der Waals surface area contributed by atoms with Crippen LogP contribution < -0.4 is 10.1 Å². The zero-order valence-electron chi connectivity index (χ0n) is 9.70. The number of hydrogen-bond acceptors (Lipinski definition) is 4. The van der Waals surface area contributed by atoms with E-state index in [-0.39, 0.29) is 0 Å². The molecule has 0 saturated heterocycles. The van der Waals surface area contributed by atoms with Crippen LogP contribution in [0.3, 0.4) is 0 Å². The first-order valence-corrected chi connectivity index (χ1v) is 6.16. The molecule has 0 aliphatic carbocycles. The first-order valence-electron chi connectivity index (χ1n) is 5.40. The second kappa shape index (κ2) is 5.93. The van der Waals surface area contributed by atoms with Crippen molar-refractivity contribution in [1.82, 2.24) is 15.2 Å². The van der Waals surface area contributed by atoms with E-state index >= 15 is 0 Å². The van der Waals surface area contributed by atoms with Crippen LogP contribution in [0.5, 0.6) is 5.75 Å². The Balaban J connectivity index is 2.19. The molecule has 2 rings (SSSR count). The molecule has 5 nitrogen and oxygen atoms in total. The zero-order chi connectivity index (χ0) is 13.0. The number of halogens is 2. The van der Waals surface area contributed by atoms with Gasteiger partial charge in [-0.15, -0.1) is 0 Å². The van der Waals surface area contributed by atoms with Crippen molar-refractivity contribution in [1.29, 1.82) is 0 Å². The van der Waals surface area contributed by atoms with Gasteiger partial charge >= 0.3 is 0 Å². The summed E-state index contributed by atoms with van der Waals surface area (Å²) in [5, 5.41) is 10.6. The van der Waals surface area contributed by atoms with Crippen LogP contribution in [0.25, 0.3) is 0 Å². The molecule has 0 atom stereocenters. The van der Waals surface area contributed by atoms with E-state index in [1.807, 2.05) is 13.0 Å². The van der Waals surface area contributed by atoms with Crippen LogP contribution in [0, 0.1) is 0 Å². The van der Waals surface area contributed by atoms with E-state index < -0.39 is 0 Å². The van der Waals surface area contributed by atoms with E-state index in [1.165, 1.54) is 6.33 Å². The molecular weight excluding hydrogens is 275 g/mol. The van der Waals surface area contributed by atoms with E-state index in [0.717, 1.165) is 5.56 Å². The fourth-order valence-corrected chi connectivity index (χ4v) is 2.11. The maximum Gasteiger partial charge on any atom is 0.218 e. The summed E-state index contributed by atoms with van der Waals surface area (Å²) in [5.74, 6) is 1.21. The van der Waals surface area contributed by atoms with Gasteiger partial charge in [0.2, 0.25) is 5.95 Å². The molecule has 18 heavy (non-hydrogen) atoms. The Bertz CT molecular complexity index is 516. The summed E-state index contributed by atoms with van der Waals surface area (Å²) in [6, 6.07) is 3.47. The highest BCUT2D eigenvalue weighted by Gasteiger charge is 2.10. The highest BCUT2D eigenvalue weighted by Crippen LogP contribution is 2.32. The fraction of sp³-hybridized carbons (Fsp3) is 0.273. The van der Waals surface area contributed by atoms with Crippen LogP contribution in [-0.2, 0) is 6.54 Å². The van der Waals surface area contributed by atoms with Gasteiger partial charge in [-0.25, -0.2) is 10.1 Å². The Morgan fingerprint density at radius 3 is 2.89 bits per heavy atom. The molecule has 0 spiro atoms. The number of rotatable bonds is 5. The minimum absolute atomic E-state index is 0.491. The van der Waals surface area contributed by atoms with E-state index in [9.17, 15) is 0 Å². The largest absolute Gasteiger partial charge is 0.492 e. The van der Waals surface area contributed by atoms with Crippen LogP contribution >= 0.6 is 23.2 Å². The van der Waals surface area contributed by atoms with Crippen molar-refractivity contribution in [2.75, 3.05) is 11.9 Å². The zero-order valence-corrected chi connectivity index (χ0v) is 11.2.